The van der Waals surface area contributed by atoms with Crippen LogP contribution in [0.1, 0.15) is 44.1 Å². The van der Waals surface area contributed by atoms with Crippen molar-refractivity contribution in [3.8, 4) is 0 Å². The van der Waals surface area contributed by atoms with Crippen LogP contribution in [0.5, 0.6) is 0 Å². The summed E-state index contributed by atoms with van der Waals surface area (Å²) >= 11 is 2.34. The highest BCUT2D eigenvalue weighted by Crippen LogP contribution is 2.45. The van der Waals surface area contributed by atoms with Crippen LogP contribution in [0.2, 0.25) is 0 Å². The summed E-state index contributed by atoms with van der Waals surface area (Å²) in [5, 5.41) is 3.17. The van der Waals surface area contributed by atoms with Gasteiger partial charge in [0.05, 0.1) is 9.26 Å². The van der Waals surface area contributed by atoms with E-state index in [1.165, 1.54) is 15.7 Å². The summed E-state index contributed by atoms with van der Waals surface area (Å²) in [5.74, 6) is 3.40. The van der Waals surface area contributed by atoms with Crippen molar-refractivity contribution in [3.63, 3.8) is 0 Å². The highest BCUT2D eigenvalue weighted by molar-refractivity contribution is 14.1. The molecule has 1 aliphatic carbocycles. The molecule has 16 heavy (non-hydrogen) atoms. The highest BCUT2D eigenvalue weighted by atomic mass is 127. The molecule has 1 aliphatic rings. The summed E-state index contributed by atoms with van der Waals surface area (Å²) < 4.78 is 1.18. The Morgan fingerprint density at radius 1 is 1.44 bits per heavy atom. The van der Waals surface area contributed by atoms with Crippen LogP contribution in [0.4, 0.5) is 5.82 Å². The van der Waals surface area contributed by atoms with E-state index in [-0.39, 0.29) is 0 Å². The number of halogens is 1. The molecule has 2 unspecified atom stereocenters. The van der Waals surface area contributed by atoms with Crippen molar-refractivity contribution in [1.82, 2.24) is 9.97 Å². The van der Waals surface area contributed by atoms with Crippen LogP contribution in [0, 0.1) is 9.49 Å². The van der Waals surface area contributed by atoms with E-state index >= 15 is 0 Å². The molecule has 0 spiro atoms. The third-order valence-electron chi connectivity index (χ3n) is 3.10. The Bertz CT molecular complexity index is 392. The van der Waals surface area contributed by atoms with Gasteiger partial charge < -0.3 is 5.32 Å². The van der Waals surface area contributed by atoms with Gasteiger partial charge in [-0.05, 0) is 41.4 Å². The van der Waals surface area contributed by atoms with Gasteiger partial charge in [0.25, 0.3) is 0 Å². The molecule has 0 aliphatic heterocycles. The maximum atomic E-state index is 4.72. The van der Waals surface area contributed by atoms with Gasteiger partial charge in [-0.15, -0.1) is 0 Å². The van der Waals surface area contributed by atoms with Crippen LogP contribution in [0.15, 0.2) is 0 Å². The zero-order chi connectivity index (χ0) is 11.7. The monoisotopic (exact) mass is 331 g/mol. The second-order valence-electron chi connectivity index (χ2n) is 4.51. The number of nitrogens with one attached hydrogen (secondary N) is 1. The molecule has 0 amide bonds. The van der Waals surface area contributed by atoms with E-state index in [4.69, 9.17) is 4.98 Å². The summed E-state index contributed by atoms with van der Waals surface area (Å²) in [6, 6.07) is 0. The molecule has 0 radical (unpaired) electrons. The summed E-state index contributed by atoms with van der Waals surface area (Å²) in [7, 11) is 1.93. The summed E-state index contributed by atoms with van der Waals surface area (Å²) in [6.45, 7) is 4.46. The van der Waals surface area contributed by atoms with Crippen LogP contribution in [0.3, 0.4) is 0 Å². The van der Waals surface area contributed by atoms with Gasteiger partial charge in [-0.25, -0.2) is 9.97 Å². The molecule has 0 bridgehead atoms. The molecule has 1 aromatic rings. The first-order chi connectivity index (χ1) is 7.67. The lowest BCUT2D eigenvalue weighted by Gasteiger charge is -2.10. The van der Waals surface area contributed by atoms with Gasteiger partial charge in [-0.1, -0.05) is 20.3 Å². The predicted molar refractivity (Wildman–Crippen MR) is 74.8 cm³/mol. The Morgan fingerprint density at radius 2 is 2.12 bits per heavy atom. The molecule has 1 fully saturated rings. The van der Waals surface area contributed by atoms with Crippen molar-refractivity contribution < 1.29 is 0 Å². The van der Waals surface area contributed by atoms with Crippen LogP contribution in [0.25, 0.3) is 0 Å². The fraction of sp³-hybridized carbons (Fsp3) is 0.667. The van der Waals surface area contributed by atoms with Gasteiger partial charge >= 0.3 is 0 Å². The molecule has 1 N–H and O–H groups in total. The topological polar surface area (TPSA) is 37.8 Å². The number of nitrogens with zero attached hydrogens (tertiary/aromatic N) is 2. The molecule has 1 heterocycles. The molecular weight excluding hydrogens is 313 g/mol. The van der Waals surface area contributed by atoms with Crippen molar-refractivity contribution in [2.75, 3.05) is 12.4 Å². The van der Waals surface area contributed by atoms with Crippen molar-refractivity contribution in [2.45, 2.75) is 39.0 Å². The minimum absolute atomic E-state index is 0.597. The van der Waals surface area contributed by atoms with E-state index in [0.717, 1.165) is 30.4 Å². The lowest BCUT2D eigenvalue weighted by atomic mass is 10.2. The van der Waals surface area contributed by atoms with E-state index in [0.29, 0.717) is 5.92 Å². The Balaban J connectivity index is 2.36. The third-order valence-corrected chi connectivity index (χ3v) is 4.24. The average Bonchev–Trinajstić information content (AvgIpc) is 2.99. The Labute approximate surface area is 111 Å². The van der Waals surface area contributed by atoms with Crippen LogP contribution in [-0.4, -0.2) is 17.0 Å². The molecule has 0 aromatic carbocycles. The second kappa shape index (κ2) is 4.85. The molecule has 2 atom stereocenters. The van der Waals surface area contributed by atoms with Crippen molar-refractivity contribution >= 4 is 28.4 Å². The number of hydrogen-bond acceptors (Lipinski definition) is 3. The largest absolute Gasteiger partial charge is 0.372 e. The van der Waals surface area contributed by atoms with Crippen molar-refractivity contribution in [3.05, 3.63) is 15.1 Å². The number of aryl methyl sites for hydroxylation is 1. The first-order valence-corrected chi connectivity index (χ1v) is 6.99. The van der Waals surface area contributed by atoms with Gasteiger partial charge in [-0.2, -0.15) is 0 Å². The smallest absolute Gasteiger partial charge is 0.143 e. The quantitative estimate of drug-likeness (QED) is 0.861. The molecule has 1 saturated carbocycles. The van der Waals surface area contributed by atoms with Gasteiger partial charge in [0.1, 0.15) is 11.6 Å². The van der Waals surface area contributed by atoms with E-state index in [1.54, 1.807) is 0 Å². The van der Waals surface area contributed by atoms with Gasteiger partial charge in [-0.3, -0.25) is 0 Å². The van der Waals surface area contributed by atoms with E-state index in [2.05, 4.69) is 46.7 Å². The molecule has 2 rings (SSSR count). The fourth-order valence-corrected chi connectivity index (χ4v) is 2.71. The average molecular weight is 331 g/mol. The molecular formula is C12H18IN3. The number of rotatable bonds is 4. The minimum atomic E-state index is 0.597. The number of aromatic nitrogens is 2. The van der Waals surface area contributed by atoms with Crippen LogP contribution < -0.4 is 5.32 Å². The first kappa shape index (κ1) is 12.1. The predicted octanol–water partition coefficient (Wildman–Crippen LogP) is 3.20. The maximum Gasteiger partial charge on any atom is 0.143 e. The van der Waals surface area contributed by atoms with Crippen molar-refractivity contribution in [2.24, 2.45) is 5.92 Å². The standard InChI is InChI=1S/C12H18IN3/c1-4-5-9-10(13)12(14-3)16-11(15-9)8-6-7(8)2/h7-8H,4-6H2,1-3H3,(H,14,15,16). The summed E-state index contributed by atoms with van der Waals surface area (Å²) in [5.41, 5.74) is 1.21. The van der Waals surface area contributed by atoms with Gasteiger partial charge in [0, 0.05) is 13.0 Å². The lowest BCUT2D eigenvalue weighted by molar-refractivity contribution is 0.795. The normalized spacial score (nSPS) is 23.2. The minimum Gasteiger partial charge on any atom is -0.372 e. The van der Waals surface area contributed by atoms with E-state index < -0.39 is 0 Å². The third kappa shape index (κ3) is 2.31. The summed E-state index contributed by atoms with van der Waals surface area (Å²) in [4.78, 5) is 9.34. The zero-order valence-corrected chi connectivity index (χ0v) is 12.2. The van der Waals surface area contributed by atoms with Crippen molar-refractivity contribution in [1.29, 1.82) is 0 Å². The first-order valence-electron chi connectivity index (χ1n) is 5.91. The van der Waals surface area contributed by atoms with Gasteiger partial charge in [0.15, 0.2) is 0 Å². The van der Waals surface area contributed by atoms with E-state index in [9.17, 15) is 0 Å². The number of anilines is 1. The zero-order valence-electron chi connectivity index (χ0n) is 10.0. The van der Waals surface area contributed by atoms with Gasteiger partial charge in [0.2, 0.25) is 0 Å². The molecule has 3 nitrogen and oxygen atoms in total. The highest BCUT2D eigenvalue weighted by Gasteiger charge is 2.37. The second-order valence-corrected chi connectivity index (χ2v) is 5.59. The Kier molecular flexibility index (Phi) is 3.66. The Morgan fingerprint density at radius 3 is 2.62 bits per heavy atom. The SMILES string of the molecule is CCCc1nc(C2CC2C)nc(NC)c1I. The lowest BCUT2D eigenvalue weighted by Crippen LogP contribution is -2.07. The maximum absolute atomic E-state index is 4.72. The fourth-order valence-electron chi connectivity index (χ4n) is 1.93. The summed E-state index contributed by atoms with van der Waals surface area (Å²) in [6.07, 6.45) is 3.43. The van der Waals surface area contributed by atoms with Crippen LogP contribution >= 0.6 is 22.6 Å². The van der Waals surface area contributed by atoms with E-state index in [1.807, 2.05) is 7.05 Å². The van der Waals surface area contributed by atoms with Crippen LogP contribution in [-0.2, 0) is 6.42 Å². The molecule has 0 saturated heterocycles. The molecule has 4 heteroatoms. The Hall–Kier alpha value is -0.390. The molecule has 88 valence electrons. The molecule has 1 aromatic heterocycles. The number of hydrogen-bond donors (Lipinski definition) is 1.